The minimum atomic E-state index is -0.226. The number of rotatable bonds is 3. The lowest BCUT2D eigenvalue weighted by molar-refractivity contribution is -0.131. The number of hydrogen-bond acceptors (Lipinski definition) is 2. The first-order valence-corrected chi connectivity index (χ1v) is 7.30. The van der Waals surface area contributed by atoms with Crippen LogP contribution in [0.3, 0.4) is 0 Å². The molecule has 3 atom stereocenters. The number of carbonyl (C=O) groups is 1. The van der Waals surface area contributed by atoms with Crippen LogP contribution in [0.4, 0.5) is 4.39 Å². The van der Waals surface area contributed by atoms with Gasteiger partial charge in [0.2, 0.25) is 5.91 Å². The SMILES string of the molecule is C[C@H]1C[C@@H]2CN(C(=O)CCc3ccccc3F)C[C@@H]2O1. The van der Waals surface area contributed by atoms with Gasteiger partial charge in [-0.25, -0.2) is 4.39 Å². The molecule has 108 valence electrons. The van der Waals surface area contributed by atoms with E-state index in [1.807, 2.05) is 4.90 Å². The maximum absolute atomic E-state index is 13.5. The van der Waals surface area contributed by atoms with Crippen molar-refractivity contribution in [3.8, 4) is 0 Å². The van der Waals surface area contributed by atoms with Crippen LogP contribution in [-0.4, -0.2) is 36.1 Å². The largest absolute Gasteiger partial charge is 0.373 e. The van der Waals surface area contributed by atoms with Crippen LogP contribution in [0, 0.1) is 11.7 Å². The quantitative estimate of drug-likeness (QED) is 0.849. The number of aryl methyl sites for hydroxylation is 1. The first-order valence-electron chi connectivity index (χ1n) is 7.30. The molecule has 0 spiro atoms. The molecule has 2 aliphatic rings. The van der Waals surface area contributed by atoms with Gasteiger partial charge in [0.05, 0.1) is 12.2 Å². The molecule has 0 radical (unpaired) electrons. The van der Waals surface area contributed by atoms with E-state index >= 15 is 0 Å². The van der Waals surface area contributed by atoms with Crippen LogP contribution in [-0.2, 0) is 16.0 Å². The molecule has 2 heterocycles. The Morgan fingerprint density at radius 3 is 2.95 bits per heavy atom. The Labute approximate surface area is 118 Å². The monoisotopic (exact) mass is 277 g/mol. The van der Waals surface area contributed by atoms with Gasteiger partial charge >= 0.3 is 0 Å². The first-order chi connectivity index (χ1) is 9.63. The van der Waals surface area contributed by atoms with Crippen LogP contribution in [0.2, 0.25) is 0 Å². The third kappa shape index (κ3) is 2.70. The van der Waals surface area contributed by atoms with Gasteiger partial charge in [-0.3, -0.25) is 4.79 Å². The van der Waals surface area contributed by atoms with Crippen molar-refractivity contribution in [1.29, 1.82) is 0 Å². The fourth-order valence-electron chi connectivity index (χ4n) is 3.31. The van der Waals surface area contributed by atoms with Crippen LogP contribution in [0.5, 0.6) is 0 Å². The molecule has 3 rings (SSSR count). The molecule has 2 fully saturated rings. The highest BCUT2D eigenvalue weighted by atomic mass is 19.1. The standard InChI is InChI=1S/C16H20FNO2/c1-11-8-13-9-18(10-15(13)20-11)16(19)7-6-12-4-2-3-5-14(12)17/h2-5,11,13,15H,6-10H2,1H3/t11-,13+,15-/m0/s1. The van der Waals surface area contributed by atoms with Crippen molar-refractivity contribution >= 4 is 5.91 Å². The van der Waals surface area contributed by atoms with Crippen molar-refractivity contribution in [2.24, 2.45) is 5.92 Å². The van der Waals surface area contributed by atoms with Gasteiger partial charge in [0, 0.05) is 25.4 Å². The van der Waals surface area contributed by atoms with Crippen LogP contribution >= 0.6 is 0 Å². The molecule has 3 nitrogen and oxygen atoms in total. The normalized spacial score (nSPS) is 28.7. The molecule has 2 saturated heterocycles. The maximum atomic E-state index is 13.5. The summed E-state index contributed by atoms with van der Waals surface area (Å²) >= 11 is 0. The summed E-state index contributed by atoms with van der Waals surface area (Å²) in [5, 5.41) is 0. The van der Waals surface area contributed by atoms with Gasteiger partial charge in [0.25, 0.3) is 0 Å². The molecule has 4 heteroatoms. The van der Waals surface area contributed by atoms with E-state index < -0.39 is 0 Å². The van der Waals surface area contributed by atoms with Gasteiger partial charge in [-0.15, -0.1) is 0 Å². The molecule has 20 heavy (non-hydrogen) atoms. The number of amides is 1. The Kier molecular flexibility index (Phi) is 3.74. The molecule has 1 aromatic rings. The second-order valence-electron chi connectivity index (χ2n) is 5.87. The summed E-state index contributed by atoms with van der Waals surface area (Å²) in [6.45, 7) is 3.58. The van der Waals surface area contributed by atoms with Crippen LogP contribution in [0.15, 0.2) is 24.3 Å². The predicted molar refractivity (Wildman–Crippen MR) is 73.7 cm³/mol. The number of likely N-dealkylation sites (tertiary alicyclic amines) is 1. The number of benzene rings is 1. The summed E-state index contributed by atoms with van der Waals surface area (Å²) in [5.41, 5.74) is 0.616. The van der Waals surface area contributed by atoms with Crippen molar-refractivity contribution in [2.45, 2.75) is 38.4 Å². The van der Waals surface area contributed by atoms with Gasteiger partial charge < -0.3 is 9.64 Å². The number of ether oxygens (including phenoxy) is 1. The van der Waals surface area contributed by atoms with Gasteiger partial charge in [-0.1, -0.05) is 18.2 Å². The summed E-state index contributed by atoms with van der Waals surface area (Å²) in [7, 11) is 0. The number of halogens is 1. The van der Waals surface area contributed by atoms with Crippen molar-refractivity contribution in [2.75, 3.05) is 13.1 Å². The predicted octanol–water partition coefficient (Wildman–Crippen LogP) is 2.39. The van der Waals surface area contributed by atoms with Gasteiger partial charge in [0.1, 0.15) is 5.82 Å². The van der Waals surface area contributed by atoms with E-state index in [0.29, 0.717) is 37.0 Å². The molecule has 0 N–H and O–H groups in total. The minimum absolute atomic E-state index is 0.110. The summed E-state index contributed by atoms with van der Waals surface area (Å²) in [6.07, 6.45) is 2.41. The maximum Gasteiger partial charge on any atom is 0.223 e. The molecule has 0 aromatic heterocycles. The van der Waals surface area contributed by atoms with Gasteiger partial charge in [-0.05, 0) is 31.4 Å². The summed E-state index contributed by atoms with van der Waals surface area (Å²) in [6, 6.07) is 6.65. The second-order valence-corrected chi connectivity index (χ2v) is 5.87. The lowest BCUT2D eigenvalue weighted by Gasteiger charge is -2.18. The first kappa shape index (κ1) is 13.6. The summed E-state index contributed by atoms with van der Waals surface area (Å²) < 4.78 is 19.3. The Hall–Kier alpha value is -1.42. The van der Waals surface area contributed by atoms with Crippen molar-refractivity contribution in [3.05, 3.63) is 35.6 Å². The summed E-state index contributed by atoms with van der Waals surface area (Å²) in [4.78, 5) is 14.1. The van der Waals surface area contributed by atoms with E-state index in [4.69, 9.17) is 4.74 Å². The van der Waals surface area contributed by atoms with Crippen molar-refractivity contribution in [1.82, 2.24) is 4.90 Å². The highest BCUT2D eigenvalue weighted by Crippen LogP contribution is 2.32. The van der Waals surface area contributed by atoms with Gasteiger partial charge in [-0.2, -0.15) is 0 Å². The van der Waals surface area contributed by atoms with Gasteiger partial charge in [0.15, 0.2) is 0 Å². The molecule has 0 aliphatic carbocycles. The molecule has 2 aliphatic heterocycles. The topological polar surface area (TPSA) is 29.5 Å². The third-order valence-electron chi connectivity index (χ3n) is 4.34. The molecule has 0 bridgehead atoms. The molecular weight excluding hydrogens is 257 g/mol. The zero-order valence-electron chi connectivity index (χ0n) is 11.7. The van der Waals surface area contributed by atoms with Crippen LogP contribution in [0.1, 0.15) is 25.3 Å². The van der Waals surface area contributed by atoms with Crippen molar-refractivity contribution < 1.29 is 13.9 Å². The average Bonchev–Trinajstić information content (AvgIpc) is 2.94. The minimum Gasteiger partial charge on any atom is -0.373 e. The number of nitrogens with zero attached hydrogens (tertiary/aromatic N) is 1. The Balaban J connectivity index is 1.52. The Morgan fingerprint density at radius 1 is 1.40 bits per heavy atom. The smallest absolute Gasteiger partial charge is 0.223 e. The average molecular weight is 277 g/mol. The highest BCUT2D eigenvalue weighted by Gasteiger charge is 2.41. The molecule has 1 aromatic carbocycles. The van der Waals surface area contributed by atoms with E-state index in [9.17, 15) is 9.18 Å². The fourth-order valence-corrected chi connectivity index (χ4v) is 3.31. The van der Waals surface area contributed by atoms with E-state index in [2.05, 4.69) is 6.92 Å². The van der Waals surface area contributed by atoms with E-state index in [-0.39, 0.29) is 17.8 Å². The van der Waals surface area contributed by atoms with Crippen LogP contribution in [0.25, 0.3) is 0 Å². The van der Waals surface area contributed by atoms with E-state index in [1.165, 1.54) is 6.07 Å². The Bertz CT molecular complexity index is 491. The molecule has 0 saturated carbocycles. The fraction of sp³-hybridized carbons (Fsp3) is 0.562. The second kappa shape index (κ2) is 5.52. The highest BCUT2D eigenvalue weighted by molar-refractivity contribution is 5.76. The van der Waals surface area contributed by atoms with E-state index in [0.717, 1.165) is 13.0 Å². The summed E-state index contributed by atoms with van der Waals surface area (Å²) in [5.74, 6) is 0.372. The number of carbonyl (C=O) groups excluding carboxylic acids is 1. The third-order valence-corrected chi connectivity index (χ3v) is 4.34. The van der Waals surface area contributed by atoms with Crippen molar-refractivity contribution in [3.63, 3.8) is 0 Å². The van der Waals surface area contributed by atoms with E-state index in [1.54, 1.807) is 18.2 Å². The lowest BCUT2D eigenvalue weighted by atomic mass is 10.0. The van der Waals surface area contributed by atoms with Crippen LogP contribution < -0.4 is 0 Å². The Morgan fingerprint density at radius 2 is 2.20 bits per heavy atom. The molecule has 0 unspecified atom stereocenters. The number of hydrogen-bond donors (Lipinski definition) is 0. The number of fused-ring (bicyclic) bond motifs is 1. The molecule has 1 amide bonds. The lowest BCUT2D eigenvalue weighted by Crippen LogP contribution is -2.31. The zero-order chi connectivity index (χ0) is 14.1. The zero-order valence-corrected chi connectivity index (χ0v) is 11.7. The molecular formula is C16H20FNO2.